The molecule has 35 heavy (non-hydrogen) atoms. The number of para-hydroxylation sites is 1. The molecular formula is C26H32N4O5. The molecule has 4 amide bonds. The minimum Gasteiger partial charge on any atom is -0.444 e. The Hall–Kier alpha value is -3.88. The van der Waals surface area contributed by atoms with Gasteiger partial charge in [0.15, 0.2) is 0 Å². The first-order valence-corrected chi connectivity index (χ1v) is 11.7. The lowest BCUT2D eigenvalue weighted by molar-refractivity contribution is -0.138. The third kappa shape index (κ3) is 7.30. The fourth-order valence-electron chi connectivity index (χ4n) is 3.97. The van der Waals surface area contributed by atoms with E-state index in [0.717, 1.165) is 23.2 Å². The van der Waals surface area contributed by atoms with Gasteiger partial charge >= 0.3 is 6.09 Å². The molecule has 4 N–H and O–H groups in total. The Morgan fingerprint density at radius 2 is 1.77 bits per heavy atom. The van der Waals surface area contributed by atoms with Crippen LogP contribution in [0.3, 0.4) is 0 Å². The summed E-state index contributed by atoms with van der Waals surface area (Å²) in [6, 6.07) is 15.1. The predicted octanol–water partition coefficient (Wildman–Crippen LogP) is 2.59. The molecule has 1 unspecified atom stereocenters. The van der Waals surface area contributed by atoms with Crippen LogP contribution in [-0.2, 0) is 32.1 Å². The van der Waals surface area contributed by atoms with Crippen molar-refractivity contribution >= 4 is 29.5 Å². The first kappa shape index (κ1) is 25.7. The molecule has 2 aromatic carbocycles. The molecule has 0 spiro atoms. The van der Waals surface area contributed by atoms with E-state index in [0.29, 0.717) is 11.3 Å². The van der Waals surface area contributed by atoms with Gasteiger partial charge < -0.3 is 21.1 Å². The van der Waals surface area contributed by atoms with Crippen molar-refractivity contribution in [3.8, 4) is 0 Å². The number of primary amides is 1. The first-order chi connectivity index (χ1) is 16.7. The number of hydrogen-bond donors (Lipinski definition) is 3. The minimum atomic E-state index is -1.02. The maximum absolute atomic E-state index is 13.4. The van der Waals surface area contributed by atoms with E-state index in [1.165, 1.54) is 0 Å². The Balaban J connectivity index is 1.71. The van der Waals surface area contributed by atoms with Crippen LogP contribution in [0.2, 0.25) is 0 Å². The van der Waals surface area contributed by atoms with Crippen LogP contribution >= 0.6 is 0 Å². The molecule has 0 bridgehead atoms. The number of rotatable bonds is 9. The molecule has 0 saturated carbocycles. The van der Waals surface area contributed by atoms with E-state index < -0.39 is 36.5 Å². The van der Waals surface area contributed by atoms with Crippen molar-refractivity contribution in [1.82, 2.24) is 10.2 Å². The summed E-state index contributed by atoms with van der Waals surface area (Å²) >= 11 is 0. The van der Waals surface area contributed by atoms with E-state index in [9.17, 15) is 19.2 Å². The van der Waals surface area contributed by atoms with Gasteiger partial charge in [0.2, 0.25) is 11.8 Å². The van der Waals surface area contributed by atoms with E-state index in [-0.39, 0.29) is 24.9 Å². The highest BCUT2D eigenvalue weighted by molar-refractivity contribution is 6.00. The SMILES string of the molecule is CC(C)C[C@H](NC(=O)C1CCc2ccccc2N1)C(=O)N(CC(N)=O)C(=O)OCc1ccccc1. The number of aryl methyl sites for hydroxylation is 1. The average molecular weight is 481 g/mol. The van der Waals surface area contributed by atoms with Crippen molar-refractivity contribution in [1.29, 1.82) is 0 Å². The van der Waals surface area contributed by atoms with Crippen LogP contribution in [0.1, 0.15) is 37.8 Å². The van der Waals surface area contributed by atoms with Crippen LogP contribution in [-0.4, -0.2) is 47.3 Å². The molecule has 2 aromatic rings. The van der Waals surface area contributed by atoms with Crippen LogP contribution < -0.4 is 16.4 Å². The highest BCUT2D eigenvalue weighted by Crippen LogP contribution is 2.24. The minimum absolute atomic E-state index is 0.0278. The Bertz CT molecular complexity index is 1060. The molecule has 3 rings (SSSR count). The van der Waals surface area contributed by atoms with Gasteiger partial charge in [-0.25, -0.2) is 9.69 Å². The lowest BCUT2D eigenvalue weighted by Gasteiger charge is -2.30. The van der Waals surface area contributed by atoms with Crippen LogP contribution in [0.15, 0.2) is 54.6 Å². The number of nitrogens with one attached hydrogen (secondary N) is 2. The zero-order valence-corrected chi connectivity index (χ0v) is 20.0. The maximum atomic E-state index is 13.4. The van der Waals surface area contributed by atoms with Gasteiger partial charge in [0.05, 0.1) is 0 Å². The summed E-state index contributed by atoms with van der Waals surface area (Å²) in [5.74, 6) is -1.93. The molecular weight excluding hydrogens is 448 g/mol. The molecule has 9 nitrogen and oxygen atoms in total. The lowest BCUT2D eigenvalue weighted by Crippen LogP contribution is -2.55. The Morgan fingerprint density at radius 3 is 2.46 bits per heavy atom. The summed E-state index contributed by atoms with van der Waals surface area (Å²) in [5.41, 5.74) is 8.03. The summed E-state index contributed by atoms with van der Waals surface area (Å²) in [4.78, 5) is 51.5. The van der Waals surface area contributed by atoms with Crippen LogP contribution in [0, 0.1) is 5.92 Å². The van der Waals surface area contributed by atoms with Gasteiger partial charge in [-0.1, -0.05) is 62.4 Å². The molecule has 9 heteroatoms. The molecule has 1 aliphatic rings. The van der Waals surface area contributed by atoms with Crippen LogP contribution in [0.5, 0.6) is 0 Å². The van der Waals surface area contributed by atoms with Gasteiger partial charge in [0, 0.05) is 5.69 Å². The van der Waals surface area contributed by atoms with Crippen molar-refractivity contribution in [3.05, 3.63) is 65.7 Å². The second-order valence-corrected chi connectivity index (χ2v) is 9.01. The second-order valence-electron chi connectivity index (χ2n) is 9.01. The van der Waals surface area contributed by atoms with Crippen molar-refractivity contribution < 1.29 is 23.9 Å². The Morgan fingerprint density at radius 1 is 1.09 bits per heavy atom. The highest BCUT2D eigenvalue weighted by Gasteiger charge is 2.34. The third-order valence-corrected chi connectivity index (χ3v) is 5.69. The number of nitrogens with zero attached hydrogens (tertiary/aromatic N) is 1. The largest absolute Gasteiger partial charge is 0.444 e. The van der Waals surface area contributed by atoms with Gasteiger partial charge in [0.1, 0.15) is 25.2 Å². The number of hydrogen-bond acceptors (Lipinski definition) is 6. The zero-order chi connectivity index (χ0) is 25.4. The van der Waals surface area contributed by atoms with Crippen molar-refractivity contribution in [2.75, 3.05) is 11.9 Å². The molecule has 0 fully saturated rings. The van der Waals surface area contributed by atoms with Crippen LogP contribution in [0.25, 0.3) is 0 Å². The predicted molar refractivity (Wildman–Crippen MR) is 131 cm³/mol. The smallest absolute Gasteiger partial charge is 0.417 e. The number of anilines is 1. The quantitative estimate of drug-likeness (QED) is 0.506. The van der Waals surface area contributed by atoms with Crippen molar-refractivity contribution in [2.45, 2.75) is 51.8 Å². The van der Waals surface area contributed by atoms with Crippen molar-refractivity contribution in [2.24, 2.45) is 11.7 Å². The number of imide groups is 1. The monoisotopic (exact) mass is 480 g/mol. The van der Waals surface area contributed by atoms with E-state index in [4.69, 9.17) is 10.5 Å². The van der Waals surface area contributed by atoms with Gasteiger partial charge in [-0.3, -0.25) is 14.4 Å². The first-order valence-electron chi connectivity index (χ1n) is 11.7. The van der Waals surface area contributed by atoms with Gasteiger partial charge in [-0.05, 0) is 42.4 Å². The molecule has 0 aromatic heterocycles. The van der Waals surface area contributed by atoms with Gasteiger partial charge in [0.25, 0.3) is 5.91 Å². The standard InChI is InChI=1S/C26H32N4O5/c1-17(2)14-22(29-24(32)21-13-12-19-10-6-7-11-20(19)28-21)25(33)30(15-23(27)31)26(34)35-16-18-8-4-3-5-9-18/h3-11,17,21-22,28H,12-16H2,1-2H3,(H2,27,31)(H,29,32)/t21?,22-/m0/s1. The van der Waals surface area contributed by atoms with E-state index >= 15 is 0 Å². The molecule has 1 aliphatic heterocycles. The number of nitrogens with two attached hydrogens (primary N) is 1. The summed E-state index contributed by atoms with van der Waals surface area (Å²) in [7, 11) is 0. The van der Waals surface area contributed by atoms with Gasteiger partial charge in [-0.2, -0.15) is 0 Å². The van der Waals surface area contributed by atoms with E-state index in [2.05, 4.69) is 10.6 Å². The second kappa shape index (κ2) is 12.0. The normalized spacial score (nSPS) is 15.3. The molecule has 0 radical (unpaired) electrons. The molecule has 0 aliphatic carbocycles. The summed E-state index contributed by atoms with van der Waals surface area (Å²) < 4.78 is 5.26. The van der Waals surface area contributed by atoms with Crippen molar-refractivity contribution in [3.63, 3.8) is 0 Å². The molecule has 186 valence electrons. The molecule has 0 saturated heterocycles. The fraction of sp³-hybridized carbons (Fsp3) is 0.385. The van der Waals surface area contributed by atoms with Gasteiger partial charge in [-0.15, -0.1) is 0 Å². The number of benzene rings is 2. The summed E-state index contributed by atoms with van der Waals surface area (Å²) in [6.07, 6.45) is 0.569. The maximum Gasteiger partial charge on any atom is 0.417 e. The number of carbonyl (C=O) groups excluding carboxylic acids is 4. The average Bonchev–Trinajstić information content (AvgIpc) is 2.85. The number of carbonyl (C=O) groups is 4. The number of fused-ring (bicyclic) bond motifs is 1. The topological polar surface area (TPSA) is 131 Å². The Labute approximate surface area is 205 Å². The van der Waals surface area contributed by atoms with E-state index in [1.54, 1.807) is 24.3 Å². The molecule has 1 heterocycles. The summed E-state index contributed by atoms with van der Waals surface area (Å²) in [5, 5.41) is 5.99. The molecule has 2 atom stereocenters. The van der Waals surface area contributed by atoms with E-state index in [1.807, 2.05) is 44.2 Å². The number of ether oxygens (including phenoxy) is 1. The number of amides is 4. The third-order valence-electron chi connectivity index (χ3n) is 5.69. The summed E-state index contributed by atoms with van der Waals surface area (Å²) in [6.45, 7) is 3.07. The Kier molecular flexibility index (Phi) is 8.83. The van der Waals surface area contributed by atoms with Crippen LogP contribution in [0.4, 0.5) is 10.5 Å². The fourth-order valence-corrected chi connectivity index (χ4v) is 3.97. The zero-order valence-electron chi connectivity index (χ0n) is 20.0. The lowest BCUT2D eigenvalue weighted by atomic mass is 9.96. The highest BCUT2D eigenvalue weighted by atomic mass is 16.6.